The van der Waals surface area contributed by atoms with Gasteiger partial charge in [0, 0.05) is 87.1 Å². The van der Waals surface area contributed by atoms with Crippen LogP contribution in [0.15, 0.2) is 180 Å². The first-order valence-corrected chi connectivity index (χ1v) is 26.0. The molecule has 0 aliphatic carbocycles. The number of aromatic amines is 2. The van der Waals surface area contributed by atoms with Crippen molar-refractivity contribution >= 4 is 50.4 Å². The van der Waals surface area contributed by atoms with Gasteiger partial charge in [0.25, 0.3) is 22.9 Å². The molecular weight excluding hydrogens is 1110 g/mol. The molecule has 1 aliphatic rings. The van der Waals surface area contributed by atoms with E-state index in [1.165, 1.54) is 72.8 Å². The number of hydrogen-bond acceptors (Lipinski definition) is 12. The average Bonchev–Trinajstić information content (AvgIpc) is 2.29. The lowest BCUT2D eigenvalue weighted by atomic mass is 9.98. The SMILES string of the molecule is N#Cc1ccc(C(=O)Nc2ccc(Oc3cc4cnn5c4c(c3-c3cn[nH]c3)CC5)c(F)c2)c(=O)n1-c1ccc(F)cc1.N#Cc1ccc(C(=O)Nc2ccc(Oc3cc4cnn5ccc(c3-c3cn[nH]c3)c45)c(F)c2)c(=O)n1-c1ccc(F)cc1. The van der Waals surface area contributed by atoms with Crippen LogP contribution in [-0.2, 0) is 13.0 Å². The maximum absolute atomic E-state index is 15.4. The standard InChI is InChI=1S/C31H19F2N7O3.C31H17F2N7O3/c2*32-19-1-4-21(5-2-19)40-22(13-34)6-7-24(31(40)42)30(41)38-20-3-8-26(25(33)12-20)43-27-11-17-16-37-39-10-9-23(29(17)39)28(27)18-14-35-36-15-18/h1-8,11-12,14-16H,9-10H2,(H,35,36)(H,38,41);1-12,14-16H,(H,35,36)(H,38,41). The summed E-state index contributed by atoms with van der Waals surface area (Å²) in [6.45, 7) is 0.726. The first kappa shape index (κ1) is 52.9. The number of nitrogens with one attached hydrogen (secondary N) is 4. The number of benzene rings is 6. The Bertz CT molecular complexity index is 5060. The van der Waals surface area contributed by atoms with E-state index in [0.717, 1.165) is 108 Å². The largest absolute Gasteiger partial charge is 0.454 e. The van der Waals surface area contributed by atoms with E-state index in [0.29, 0.717) is 17.1 Å². The molecule has 8 heterocycles. The van der Waals surface area contributed by atoms with Gasteiger partial charge in [0.15, 0.2) is 23.1 Å². The van der Waals surface area contributed by atoms with Gasteiger partial charge in [-0.15, -0.1) is 0 Å². The fourth-order valence-electron chi connectivity index (χ4n) is 10.4. The Hall–Kier alpha value is -12.4. The van der Waals surface area contributed by atoms with Crippen LogP contribution in [0.5, 0.6) is 23.0 Å². The number of pyridine rings is 2. The van der Waals surface area contributed by atoms with Crippen molar-refractivity contribution in [2.75, 3.05) is 10.6 Å². The summed E-state index contributed by atoms with van der Waals surface area (Å²) >= 11 is 0. The second kappa shape index (κ2) is 21.5. The summed E-state index contributed by atoms with van der Waals surface area (Å²) in [4.78, 5) is 52.5. The zero-order chi connectivity index (χ0) is 59.3. The van der Waals surface area contributed by atoms with E-state index >= 15 is 8.78 Å². The van der Waals surface area contributed by atoms with E-state index in [1.807, 2.05) is 35.1 Å². The van der Waals surface area contributed by atoms with E-state index in [9.17, 15) is 38.5 Å². The predicted molar refractivity (Wildman–Crippen MR) is 305 cm³/mol. The number of nitriles is 2. The minimum atomic E-state index is -0.821. The highest BCUT2D eigenvalue weighted by molar-refractivity contribution is 6.08. The summed E-state index contributed by atoms with van der Waals surface area (Å²) in [5.74, 6) is -3.55. The van der Waals surface area contributed by atoms with Crippen LogP contribution < -0.4 is 31.2 Å². The molecule has 0 atom stereocenters. The van der Waals surface area contributed by atoms with Crippen LogP contribution in [0.4, 0.5) is 28.9 Å². The Morgan fingerprint density at radius 3 is 1.56 bits per heavy atom. The molecule has 0 fully saturated rings. The van der Waals surface area contributed by atoms with Crippen molar-refractivity contribution in [2.45, 2.75) is 13.0 Å². The van der Waals surface area contributed by atoms with Crippen LogP contribution >= 0.6 is 0 Å². The molecule has 14 rings (SSSR count). The molecule has 4 N–H and O–H groups in total. The molecule has 24 heteroatoms. The first-order chi connectivity index (χ1) is 41.8. The Morgan fingerprint density at radius 2 is 1.06 bits per heavy atom. The molecule has 0 spiro atoms. The van der Waals surface area contributed by atoms with Gasteiger partial charge in [-0.1, -0.05) is 0 Å². The summed E-state index contributed by atoms with van der Waals surface area (Å²) < 4.78 is 75.4. The Kier molecular flexibility index (Phi) is 13.2. The molecule has 0 unspecified atom stereocenters. The van der Waals surface area contributed by atoms with E-state index in [2.05, 4.69) is 41.2 Å². The number of ether oxygens (including phenoxy) is 2. The fraction of sp³-hybridized carbons (Fsp3) is 0.0323. The van der Waals surface area contributed by atoms with Gasteiger partial charge in [0.1, 0.15) is 57.8 Å². The summed E-state index contributed by atoms with van der Waals surface area (Å²) in [7, 11) is 0. The maximum Gasteiger partial charge on any atom is 0.269 e. The van der Waals surface area contributed by atoms with Gasteiger partial charge in [-0.2, -0.15) is 30.9 Å². The number of carbonyl (C=O) groups excluding carboxylic acids is 2. The Labute approximate surface area is 479 Å². The maximum atomic E-state index is 15.4. The van der Waals surface area contributed by atoms with E-state index in [-0.39, 0.29) is 56.8 Å². The number of rotatable bonds is 12. The van der Waals surface area contributed by atoms with Crippen LogP contribution in [0.2, 0.25) is 0 Å². The van der Waals surface area contributed by atoms with E-state index in [1.54, 1.807) is 47.8 Å². The lowest BCUT2D eigenvalue weighted by Crippen LogP contribution is -2.29. The number of anilines is 2. The van der Waals surface area contributed by atoms with Crippen molar-refractivity contribution in [3.05, 3.63) is 243 Å². The van der Waals surface area contributed by atoms with Crippen molar-refractivity contribution in [1.29, 1.82) is 10.5 Å². The molecule has 6 aromatic carbocycles. The minimum absolute atomic E-state index is 0.0421. The number of amides is 2. The zero-order valence-electron chi connectivity index (χ0n) is 44.0. The van der Waals surface area contributed by atoms with Crippen LogP contribution in [0, 0.1) is 45.9 Å². The molecule has 20 nitrogen and oxygen atoms in total. The molecule has 13 aromatic rings. The summed E-state index contributed by atoms with van der Waals surface area (Å²) in [6.07, 6.45) is 12.8. The van der Waals surface area contributed by atoms with Crippen LogP contribution in [-0.4, -0.2) is 60.7 Å². The highest BCUT2D eigenvalue weighted by Crippen LogP contribution is 2.45. The highest BCUT2D eigenvalue weighted by Gasteiger charge is 2.27. The van der Waals surface area contributed by atoms with Crippen LogP contribution in [0.25, 0.3) is 60.8 Å². The number of nitrogens with zero attached hydrogens (tertiary/aromatic N) is 10. The third-order valence-corrected chi connectivity index (χ3v) is 14.3. The summed E-state index contributed by atoms with van der Waals surface area (Å²) in [6, 6.07) is 31.9. The molecule has 0 saturated heterocycles. The predicted octanol–water partition coefficient (Wildman–Crippen LogP) is 11.0. The monoisotopic (exact) mass is 1150 g/mol. The topological polar surface area (TPSA) is 261 Å². The quantitative estimate of drug-likeness (QED) is 0.0833. The number of carbonyl (C=O) groups is 2. The third kappa shape index (κ3) is 9.51. The van der Waals surface area contributed by atoms with Crippen molar-refractivity contribution in [3.63, 3.8) is 0 Å². The molecular formula is C62H36F4N14O6. The molecule has 0 saturated carbocycles. The lowest BCUT2D eigenvalue weighted by Gasteiger charge is -2.15. The molecule has 0 bridgehead atoms. The summed E-state index contributed by atoms with van der Waals surface area (Å²) in [5, 5.41) is 49.0. The fourth-order valence-corrected chi connectivity index (χ4v) is 10.4. The average molecular weight is 1150 g/mol. The zero-order valence-corrected chi connectivity index (χ0v) is 44.0. The van der Waals surface area contributed by atoms with Gasteiger partial charge >= 0.3 is 0 Å². The molecule has 1 aliphatic heterocycles. The lowest BCUT2D eigenvalue weighted by molar-refractivity contribution is 0.101. The highest BCUT2D eigenvalue weighted by atomic mass is 19.1. The molecule has 7 aromatic heterocycles. The van der Waals surface area contributed by atoms with Crippen molar-refractivity contribution < 1.29 is 36.6 Å². The van der Waals surface area contributed by atoms with Gasteiger partial charge < -0.3 is 20.1 Å². The van der Waals surface area contributed by atoms with Crippen molar-refractivity contribution in [1.82, 2.24) is 48.9 Å². The van der Waals surface area contributed by atoms with E-state index < -0.39 is 46.2 Å². The van der Waals surface area contributed by atoms with Crippen molar-refractivity contribution in [3.8, 4) is 68.8 Å². The number of halogens is 4. The molecule has 0 radical (unpaired) electrons. The summed E-state index contributed by atoms with van der Waals surface area (Å²) in [5.41, 5.74) is 4.26. The normalized spacial score (nSPS) is 11.6. The first-order valence-electron chi connectivity index (χ1n) is 26.0. The molecule has 86 heavy (non-hydrogen) atoms. The second-order valence-electron chi connectivity index (χ2n) is 19.4. The van der Waals surface area contributed by atoms with E-state index in [4.69, 9.17) is 9.47 Å². The number of H-pyrrole nitrogens is 2. The van der Waals surface area contributed by atoms with Crippen LogP contribution in [0.3, 0.4) is 0 Å². The van der Waals surface area contributed by atoms with Gasteiger partial charge in [-0.3, -0.25) is 43.2 Å². The van der Waals surface area contributed by atoms with Crippen LogP contribution in [0.1, 0.15) is 37.7 Å². The minimum Gasteiger partial charge on any atom is -0.454 e. The van der Waals surface area contributed by atoms with Gasteiger partial charge in [-0.25, -0.2) is 22.1 Å². The number of aryl methyl sites for hydroxylation is 2. The third-order valence-electron chi connectivity index (χ3n) is 14.3. The second-order valence-corrected chi connectivity index (χ2v) is 19.4. The van der Waals surface area contributed by atoms with Gasteiger partial charge in [0.05, 0.1) is 47.2 Å². The number of aromatic nitrogens is 10. The smallest absolute Gasteiger partial charge is 0.269 e. The number of hydrogen-bond donors (Lipinski definition) is 4. The van der Waals surface area contributed by atoms with Crippen molar-refractivity contribution in [2.24, 2.45) is 0 Å². The molecule has 2 amide bonds. The molecule has 418 valence electrons. The Morgan fingerprint density at radius 1 is 0.558 bits per heavy atom. The van der Waals surface area contributed by atoms with Gasteiger partial charge in [-0.05, 0) is 127 Å². The van der Waals surface area contributed by atoms with Gasteiger partial charge in [0.2, 0.25) is 0 Å². The Balaban J connectivity index is 0.000000160.